The molecular formula is C46H42N4O6. The van der Waals surface area contributed by atoms with Gasteiger partial charge in [0.25, 0.3) is 0 Å². The Hall–Kier alpha value is -6.25. The lowest BCUT2D eigenvalue weighted by atomic mass is 9.65. The van der Waals surface area contributed by atoms with Crippen LogP contribution in [0.2, 0.25) is 0 Å². The summed E-state index contributed by atoms with van der Waals surface area (Å²) in [6.45, 7) is 1.07. The zero-order valence-corrected chi connectivity index (χ0v) is 30.9. The fourth-order valence-corrected chi connectivity index (χ4v) is 8.87. The largest absolute Gasteiger partial charge is 0.491 e. The van der Waals surface area contributed by atoms with E-state index in [0.717, 1.165) is 17.7 Å². The summed E-state index contributed by atoms with van der Waals surface area (Å²) in [6, 6.07) is 39.2. The van der Waals surface area contributed by atoms with Crippen molar-refractivity contribution < 1.29 is 29.0 Å². The van der Waals surface area contributed by atoms with Crippen molar-refractivity contribution in [3.8, 4) is 17.6 Å². The van der Waals surface area contributed by atoms with Crippen molar-refractivity contribution in [1.29, 1.82) is 0 Å². The molecule has 0 aromatic heterocycles. The predicted molar refractivity (Wildman–Crippen MR) is 211 cm³/mol. The zero-order valence-electron chi connectivity index (χ0n) is 30.9. The van der Waals surface area contributed by atoms with Crippen LogP contribution in [-0.4, -0.2) is 65.5 Å². The van der Waals surface area contributed by atoms with Gasteiger partial charge in [0.2, 0.25) is 11.8 Å². The molecule has 4 N–H and O–H groups in total. The third-order valence-electron chi connectivity index (χ3n) is 11.0. The molecule has 1 spiro atoms. The molecule has 3 heterocycles. The predicted octanol–water partition coefficient (Wildman–Crippen LogP) is 5.30. The van der Waals surface area contributed by atoms with E-state index < -0.39 is 53.3 Å². The minimum Gasteiger partial charge on any atom is -0.491 e. The molecule has 0 bridgehead atoms. The number of nitrogens with one attached hydrogen (secondary N) is 1. The van der Waals surface area contributed by atoms with E-state index in [2.05, 4.69) is 34.2 Å². The van der Waals surface area contributed by atoms with Crippen LogP contribution in [0.5, 0.6) is 5.75 Å². The van der Waals surface area contributed by atoms with E-state index in [1.54, 1.807) is 24.3 Å². The van der Waals surface area contributed by atoms with Crippen LogP contribution < -0.4 is 15.8 Å². The highest BCUT2D eigenvalue weighted by atomic mass is 16.6. The Morgan fingerprint density at radius 3 is 2.25 bits per heavy atom. The number of carbonyl (C=O) groups excluding carboxylic acids is 3. The first kappa shape index (κ1) is 36.7. The summed E-state index contributed by atoms with van der Waals surface area (Å²) < 4.78 is 12.2. The first-order valence-electron chi connectivity index (χ1n) is 18.7. The number of aliphatic hydroxyl groups is 1. The maximum absolute atomic E-state index is 15.0. The lowest BCUT2D eigenvalue weighted by molar-refractivity contribution is -0.178. The molecule has 3 aliphatic heterocycles. The summed E-state index contributed by atoms with van der Waals surface area (Å²) in [5.41, 5.74) is 9.75. The quantitative estimate of drug-likeness (QED) is 0.130. The van der Waals surface area contributed by atoms with Gasteiger partial charge in [0.15, 0.2) is 0 Å². The maximum atomic E-state index is 15.0. The van der Waals surface area contributed by atoms with Crippen LogP contribution in [0.1, 0.15) is 51.6 Å². The number of nitrogens with zero attached hydrogens (tertiary/aromatic N) is 2. The highest BCUT2D eigenvalue weighted by Gasteiger charge is 2.73. The van der Waals surface area contributed by atoms with Crippen LogP contribution in [-0.2, 0) is 31.1 Å². The van der Waals surface area contributed by atoms with Crippen LogP contribution in [0, 0.1) is 17.8 Å². The maximum Gasteiger partial charge on any atom is 0.324 e. The van der Waals surface area contributed by atoms with Crippen LogP contribution >= 0.6 is 0 Å². The van der Waals surface area contributed by atoms with Crippen LogP contribution in [0.4, 0.5) is 5.69 Å². The fourth-order valence-electron chi connectivity index (χ4n) is 8.87. The highest BCUT2D eigenvalue weighted by molar-refractivity contribution is 6.12. The van der Waals surface area contributed by atoms with E-state index in [1.165, 1.54) is 5.56 Å². The van der Waals surface area contributed by atoms with Crippen molar-refractivity contribution in [1.82, 2.24) is 9.80 Å². The van der Waals surface area contributed by atoms with Crippen molar-refractivity contribution in [3.63, 3.8) is 0 Å². The molecule has 10 heteroatoms. The van der Waals surface area contributed by atoms with Gasteiger partial charge in [-0.15, -0.1) is 0 Å². The molecule has 10 nitrogen and oxygen atoms in total. The van der Waals surface area contributed by atoms with Crippen molar-refractivity contribution >= 4 is 23.5 Å². The molecule has 0 aliphatic carbocycles. The number of amides is 2. The number of cyclic esters (lactones) is 1. The average Bonchev–Trinajstić information content (AvgIpc) is 3.70. The average molecular weight is 747 g/mol. The van der Waals surface area contributed by atoms with Crippen molar-refractivity contribution in [3.05, 3.63) is 167 Å². The molecule has 56 heavy (non-hydrogen) atoms. The molecule has 2 amide bonds. The Morgan fingerprint density at radius 1 is 0.875 bits per heavy atom. The third kappa shape index (κ3) is 6.50. The van der Waals surface area contributed by atoms with Gasteiger partial charge in [-0.1, -0.05) is 115 Å². The number of fused-ring (bicyclic) bond motifs is 3. The highest BCUT2D eigenvalue weighted by Crippen LogP contribution is 2.64. The zero-order chi connectivity index (χ0) is 38.8. The molecule has 5 aromatic rings. The standard InChI is InChI=1S/C46H42N4O6/c1-49(29-31-13-5-2-6-14-31)24-12-15-30-22-23-37-36(27-30)46(45(54)48-37)38(43(47)52)40-44(53)56-41(33-18-9-4-10-19-33)39(32-16-7-3-8-17-32)50(40)42(46)34-20-11-21-35(28-34)55-26-25-51/h2-11,13-14,16-23,27-28,38-42,51H,24-26,29H2,1H3,(H2,47,52)(H,48,54)/t38-,39-,40-,41+,42+,46-/m1/s1. The minimum absolute atomic E-state index is 0.0520. The monoisotopic (exact) mass is 746 g/mol. The van der Waals surface area contributed by atoms with Gasteiger partial charge in [-0.3, -0.25) is 24.2 Å². The number of carbonyl (C=O) groups is 3. The number of ether oxygens (including phenoxy) is 2. The summed E-state index contributed by atoms with van der Waals surface area (Å²) in [4.78, 5) is 47.8. The molecule has 6 atom stereocenters. The van der Waals surface area contributed by atoms with Gasteiger partial charge >= 0.3 is 5.97 Å². The van der Waals surface area contributed by atoms with Crippen LogP contribution in [0.15, 0.2) is 133 Å². The van der Waals surface area contributed by atoms with E-state index >= 15 is 4.79 Å². The van der Waals surface area contributed by atoms with Crippen molar-refractivity contribution in [2.45, 2.75) is 36.2 Å². The number of hydrogen-bond acceptors (Lipinski definition) is 8. The lowest BCUT2D eigenvalue weighted by Gasteiger charge is -2.46. The molecule has 5 aromatic carbocycles. The molecule has 3 aliphatic rings. The van der Waals surface area contributed by atoms with Gasteiger partial charge in [0, 0.05) is 17.8 Å². The number of primary amides is 1. The summed E-state index contributed by atoms with van der Waals surface area (Å²) in [5.74, 6) is 3.76. The molecular weight excluding hydrogens is 705 g/mol. The second kappa shape index (κ2) is 15.5. The number of benzene rings is 5. The Bertz CT molecular complexity index is 2310. The van der Waals surface area contributed by atoms with Crippen LogP contribution in [0.3, 0.4) is 0 Å². The van der Waals surface area contributed by atoms with E-state index in [9.17, 15) is 14.7 Å². The van der Waals surface area contributed by atoms with Gasteiger partial charge in [-0.2, -0.15) is 0 Å². The van der Waals surface area contributed by atoms with Gasteiger partial charge in [-0.05, 0) is 65.2 Å². The molecule has 282 valence electrons. The first-order chi connectivity index (χ1) is 27.3. The number of esters is 1. The number of rotatable bonds is 10. The topological polar surface area (TPSA) is 134 Å². The van der Waals surface area contributed by atoms with Crippen LogP contribution in [0.25, 0.3) is 0 Å². The Balaban J connectivity index is 1.31. The molecule has 0 saturated carbocycles. The normalized spacial score (nSPS) is 23.8. The van der Waals surface area contributed by atoms with E-state index in [0.29, 0.717) is 34.7 Å². The molecule has 8 rings (SSSR count). The summed E-state index contributed by atoms with van der Waals surface area (Å²) in [6.07, 6.45) is -0.795. The minimum atomic E-state index is -1.69. The Morgan fingerprint density at radius 2 is 1.55 bits per heavy atom. The number of morpholine rings is 1. The molecule has 2 fully saturated rings. The first-order valence-corrected chi connectivity index (χ1v) is 18.7. The van der Waals surface area contributed by atoms with E-state index in [4.69, 9.17) is 15.2 Å². The number of anilines is 1. The van der Waals surface area contributed by atoms with Crippen molar-refractivity contribution in [2.75, 3.05) is 32.1 Å². The molecule has 0 unspecified atom stereocenters. The molecule has 0 radical (unpaired) electrons. The second-order valence-electron chi connectivity index (χ2n) is 14.5. The molecule has 2 saturated heterocycles. The fraction of sp³-hybridized carbons (Fsp3) is 0.239. The summed E-state index contributed by atoms with van der Waals surface area (Å²) >= 11 is 0. The lowest BCUT2D eigenvalue weighted by Crippen LogP contribution is -2.53. The van der Waals surface area contributed by atoms with Gasteiger partial charge in [0.1, 0.15) is 29.9 Å². The van der Waals surface area contributed by atoms with E-state index in [-0.39, 0.29) is 13.2 Å². The Kier molecular flexibility index (Phi) is 10.1. The SMILES string of the molecule is CN(CC#Cc1ccc2c(c1)[C@]1(C(=O)N2)[C@H](c2cccc(OCCO)c2)N2[C@H](c3ccccc3)[C@H](c3ccccc3)OC(=O)[C@H]2[C@@H]1C(N)=O)Cc1ccccc1. The van der Waals surface area contributed by atoms with E-state index in [1.807, 2.05) is 109 Å². The summed E-state index contributed by atoms with van der Waals surface area (Å²) in [5, 5.41) is 12.6. The van der Waals surface area contributed by atoms with Gasteiger partial charge < -0.3 is 25.6 Å². The summed E-state index contributed by atoms with van der Waals surface area (Å²) in [7, 11) is 2.00. The number of nitrogens with two attached hydrogens (primary N) is 1. The number of hydrogen-bond donors (Lipinski definition) is 3. The third-order valence-corrected chi connectivity index (χ3v) is 11.0. The second-order valence-corrected chi connectivity index (χ2v) is 14.5. The smallest absolute Gasteiger partial charge is 0.324 e. The Labute approximate surface area is 325 Å². The van der Waals surface area contributed by atoms with Gasteiger partial charge in [0.05, 0.1) is 31.2 Å². The van der Waals surface area contributed by atoms with Crippen molar-refractivity contribution in [2.24, 2.45) is 11.7 Å². The van der Waals surface area contributed by atoms with Gasteiger partial charge in [-0.25, -0.2) is 0 Å². The number of aliphatic hydroxyl groups excluding tert-OH is 1.